The predicted octanol–water partition coefficient (Wildman–Crippen LogP) is 4.00. The predicted molar refractivity (Wildman–Crippen MR) is 95.7 cm³/mol. The summed E-state index contributed by atoms with van der Waals surface area (Å²) in [6.07, 6.45) is 0. The van der Waals surface area contributed by atoms with Crippen LogP contribution in [0.1, 0.15) is 19.4 Å². The second-order valence-corrected chi connectivity index (χ2v) is 5.92. The smallest absolute Gasteiger partial charge is 0.308 e. The van der Waals surface area contributed by atoms with E-state index < -0.39 is 0 Å². The summed E-state index contributed by atoms with van der Waals surface area (Å²) in [6, 6.07) is 13.0. The zero-order chi connectivity index (χ0) is 18.1. The van der Waals surface area contributed by atoms with Crippen LogP contribution in [-0.4, -0.2) is 16.5 Å². The summed E-state index contributed by atoms with van der Waals surface area (Å²) in [5, 5.41) is 1.09. The van der Waals surface area contributed by atoms with Gasteiger partial charge in [-0.1, -0.05) is 0 Å². The number of ether oxygens (including phenoxy) is 2. The highest BCUT2D eigenvalue weighted by molar-refractivity contribution is 5.92. The highest BCUT2D eigenvalue weighted by atomic mass is 16.5. The number of carbonyl (C=O) groups is 2. The molecule has 0 fully saturated rings. The van der Waals surface area contributed by atoms with Crippen LogP contribution in [-0.2, 0) is 16.6 Å². The van der Waals surface area contributed by atoms with Crippen LogP contribution in [0, 0.1) is 6.92 Å². The highest BCUT2D eigenvalue weighted by Crippen LogP contribution is 2.34. The van der Waals surface area contributed by atoms with Crippen molar-refractivity contribution in [2.75, 3.05) is 0 Å². The highest BCUT2D eigenvalue weighted by Gasteiger charge is 2.15. The number of benzene rings is 2. The lowest BCUT2D eigenvalue weighted by molar-refractivity contribution is -0.132. The largest absolute Gasteiger partial charge is 0.427 e. The molecule has 25 heavy (non-hydrogen) atoms. The fourth-order valence-electron chi connectivity index (χ4n) is 3.09. The second kappa shape index (κ2) is 6.43. The second-order valence-electron chi connectivity index (χ2n) is 5.92. The molecule has 0 aliphatic heterocycles. The van der Waals surface area contributed by atoms with Gasteiger partial charge in [-0.3, -0.25) is 9.59 Å². The first-order chi connectivity index (χ1) is 11.9. The summed E-state index contributed by atoms with van der Waals surface area (Å²) < 4.78 is 12.3. The van der Waals surface area contributed by atoms with E-state index in [0.717, 1.165) is 27.7 Å². The van der Waals surface area contributed by atoms with E-state index in [-0.39, 0.29) is 11.9 Å². The van der Waals surface area contributed by atoms with Crippen molar-refractivity contribution in [3.05, 3.63) is 48.0 Å². The summed E-state index contributed by atoms with van der Waals surface area (Å²) in [7, 11) is 1.97. The zero-order valence-electron chi connectivity index (χ0n) is 14.6. The van der Waals surface area contributed by atoms with Crippen LogP contribution >= 0.6 is 0 Å². The first-order valence-corrected chi connectivity index (χ1v) is 7.93. The summed E-state index contributed by atoms with van der Waals surface area (Å²) >= 11 is 0. The maximum Gasteiger partial charge on any atom is 0.308 e. The van der Waals surface area contributed by atoms with Crippen LogP contribution < -0.4 is 9.47 Å². The Morgan fingerprint density at radius 2 is 1.44 bits per heavy atom. The molecule has 1 aromatic heterocycles. The molecule has 0 bridgehead atoms. The maximum absolute atomic E-state index is 11.2. The standard InChI is InChI=1S/C20H19NO4/c1-12-18-10-9-17(25-14(3)23)11-19(18)21(4)20(12)15-5-7-16(8-6-15)24-13(2)22/h5-11H,1-4H3. The Kier molecular flexibility index (Phi) is 4.31. The molecule has 0 unspecified atom stereocenters. The first-order valence-electron chi connectivity index (χ1n) is 7.93. The Bertz CT molecular complexity index is 968. The lowest BCUT2D eigenvalue weighted by atomic mass is 10.1. The lowest BCUT2D eigenvalue weighted by Gasteiger charge is -2.08. The van der Waals surface area contributed by atoms with Crippen molar-refractivity contribution in [1.82, 2.24) is 4.57 Å². The van der Waals surface area contributed by atoms with E-state index in [1.54, 1.807) is 18.2 Å². The SMILES string of the molecule is CC(=O)Oc1ccc(-c2c(C)c3ccc(OC(C)=O)cc3n2C)cc1. The molecular formula is C20H19NO4. The topological polar surface area (TPSA) is 57.5 Å². The Balaban J connectivity index is 2.07. The Morgan fingerprint density at radius 1 is 0.880 bits per heavy atom. The quantitative estimate of drug-likeness (QED) is 0.535. The molecule has 0 saturated carbocycles. The fourth-order valence-corrected chi connectivity index (χ4v) is 3.09. The molecule has 128 valence electrons. The molecule has 0 radical (unpaired) electrons. The number of rotatable bonds is 3. The van der Waals surface area contributed by atoms with Gasteiger partial charge in [0.15, 0.2) is 0 Å². The van der Waals surface area contributed by atoms with Crippen molar-refractivity contribution in [3.63, 3.8) is 0 Å². The van der Waals surface area contributed by atoms with Gasteiger partial charge < -0.3 is 14.0 Å². The van der Waals surface area contributed by atoms with Gasteiger partial charge in [0.05, 0.1) is 11.2 Å². The Labute approximate surface area is 145 Å². The molecule has 2 aromatic carbocycles. The van der Waals surface area contributed by atoms with Gasteiger partial charge in [-0.15, -0.1) is 0 Å². The lowest BCUT2D eigenvalue weighted by Crippen LogP contribution is -2.01. The van der Waals surface area contributed by atoms with Gasteiger partial charge in [-0.25, -0.2) is 0 Å². The average Bonchev–Trinajstić information content (AvgIpc) is 2.78. The van der Waals surface area contributed by atoms with Crippen molar-refractivity contribution < 1.29 is 19.1 Å². The number of fused-ring (bicyclic) bond motifs is 1. The van der Waals surface area contributed by atoms with E-state index in [1.165, 1.54) is 13.8 Å². The number of hydrogen-bond acceptors (Lipinski definition) is 4. The molecule has 0 spiro atoms. The van der Waals surface area contributed by atoms with Gasteiger partial charge in [0.2, 0.25) is 0 Å². The Morgan fingerprint density at radius 3 is 2.04 bits per heavy atom. The van der Waals surface area contributed by atoms with Gasteiger partial charge in [0, 0.05) is 32.3 Å². The molecule has 0 aliphatic carbocycles. The van der Waals surface area contributed by atoms with Gasteiger partial charge in [-0.2, -0.15) is 0 Å². The average molecular weight is 337 g/mol. The van der Waals surface area contributed by atoms with E-state index in [2.05, 4.69) is 11.5 Å². The van der Waals surface area contributed by atoms with Crippen LogP contribution in [0.5, 0.6) is 11.5 Å². The summed E-state index contributed by atoms with van der Waals surface area (Å²) in [5.74, 6) is 0.361. The summed E-state index contributed by atoms with van der Waals surface area (Å²) in [5.41, 5.74) is 4.19. The van der Waals surface area contributed by atoms with Gasteiger partial charge >= 0.3 is 11.9 Å². The molecule has 0 aliphatic rings. The van der Waals surface area contributed by atoms with Gasteiger partial charge in [0.1, 0.15) is 11.5 Å². The minimum Gasteiger partial charge on any atom is -0.427 e. The molecule has 3 aromatic rings. The first kappa shape index (κ1) is 16.8. The van der Waals surface area contributed by atoms with Crippen molar-refractivity contribution in [2.45, 2.75) is 20.8 Å². The van der Waals surface area contributed by atoms with Crippen LogP contribution in [0.15, 0.2) is 42.5 Å². The van der Waals surface area contributed by atoms with E-state index in [9.17, 15) is 9.59 Å². The van der Waals surface area contributed by atoms with Crippen molar-refractivity contribution in [2.24, 2.45) is 7.05 Å². The molecular weight excluding hydrogens is 318 g/mol. The third kappa shape index (κ3) is 3.26. The normalized spacial score (nSPS) is 10.7. The van der Waals surface area contributed by atoms with E-state index in [0.29, 0.717) is 11.5 Å². The number of carbonyl (C=O) groups excluding carboxylic acids is 2. The minimum absolute atomic E-state index is 0.341. The van der Waals surface area contributed by atoms with Crippen molar-refractivity contribution in [1.29, 1.82) is 0 Å². The Hall–Kier alpha value is -3.08. The number of hydrogen-bond donors (Lipinski definition) is 0. The number of nitrogens with zero attached hydrogens (tertiary/aromatic N) is 1. The summed E-state index contributed by atoms with van der Waals surface area (Å²) in [4.78, 5) is 22.2. The van der Waals surface area contributed by atoms with Crippen LogP contribution in [0.3, 0.4) is 0 Å². The molecule has 1 heterocycles. The maximum atomic E-state index is 11.2. The van der Waals surface area contributed by atoms with Gasteiger partial charge in [-0.05, 0) is 54.4 Å². The minimum atomic E-state index is -0.341. The molecule has 5 heteroatoms. The summed E-state index contributed by atoms with van der Waals surface area (Å²) in [6.45, 7) is 4.82. The van der Waals surface area contributed by atoms with Crippen LogP contribution in [0.4, 0.5) is 0 Å². The number of aromatic nitrogens is 1. The van der Waals surface area contributed by atoms with Crippen molar-refractivity contribution in [3.8, 4) is 22.8 Å². The molecule has 0 N–H and O–H groups in total. The van der Waals surface area contributed by atoms with Crippen LogP contribution in [0.25, 0.3) is 22.2 Å². The third-order valence-corrected chi connectivity index (χ3v) is 4.08. The monoisotopic (exact) mass is 337 g/mol. The molecule has 0 atom stereocenters. The molecule has 0 amide bonds. The molecule has 5 nitrogen and oxygen atoms in total. The van der Waals surface area contributed by atoms with E-state index in [4.69, 9.17) is 9.47 Å². The number of esters is 2. The number of aryl methyl sites for hydroxylation is 2. The van der Waals surface area contributed by atoms with E-state index >= 15 is 0 Å². The van der Waals surface area contributed by atoms with Crippen molar-refractivity contribution >= 4 is 22.8 Å². The fraction of sp³-hybridized carbons (Fsp3) is 0.200. The zero-order valence-corrected chi connectivity index (χ0v) is 14.6. The van der Waals surface area contributed by atoms with Gasteiger partial charge in [0.25, 0.3) is 0 Å². The third-order valence-electron chi connectivity index (χ3n) is 4.08. The van der Waals surface area contributed by atoms with E-state index in [1.807, 2.05) is 31.3 Å². The molecule has 0 saturated heterocycles. The molecule has 3 rings (SSSR count). The van der Waals surface area contributed by atoms with Crippen LogP contribution in [0.2, 0.25) is 0 Å².